The topological polar surface area (TPSA) is 50.4 Å². The molecule has 1 fully saturated rings. The molecule has 0 spiro atoms. The van der Waals surface area contributed by atoms with Crippen LogP contribution in [0.2, 0.25) is 0 Å². The van der Waals surface area contributed by atoms with E-state index in [0.717, 1.165) is 19.5 Å². The van der Waals surface area contributed by atoms with Crippen molar-refractivity contribution in [2.45, 2.75) is 38.8 Å². The van der Waals surface area contributed by atoms with Crippen molar-refractivity contribution in [2.75, 3.05) is 19.7 Å². The highest BCUT2D eigenvalue weighted by molar-refractivity contribution is 5.85. The number of halogens is 1. The van der Waals surface area contributed by atoms with Gasteiger partial charge >= 0.3 is 0 Å². The lowest BCUT2D eigenvalue weighted by Gasteiger charge is -2.15. The van der Waals surface area contributed by atoms with E-state index in [-0.39, 0.29) is 24.4 Å². The molecule has 0 aromatic carbocycles. The minimum atomic E-state index is -0.332. The van der Waals surface area contributed by atoms with Crippen LogP contribution in [0.4, 0.5) is 0 Å². The van der Waals surface area contributed by atoms with Gasteiger partial charge in [-0.3, -0.25) is 4.79 Å². The van der Waals surface area contributed by atoms with Gasteiger partial charge in [0.1, 0.15) is 6.10 Å². The van der Waals surface area contributed by atoms with Gasteiger partial charge in [0, 0.05) is 19.2 Å². The molecule has 4 nitrogen and oxygen atoms in total. The average molecular weight is 237 g/mol. The predicted octanol–water partition coefficient (Wildman–Crippen LogP) is 0.701. The lowest BCUT2D eigenvalue weighted by atomic mass is 10.2. The molecular formula is C10H21ClN2O2. The van der Waals surface area contributed by atoms with Crippen LogP contribution in [-0.2, 0) is 9.53 Å². The minimum Gasteiger partial charge on any atom is -0.369 e. The molecule has 5 heteroatoms. The van der Waals surface area contributed by atoms with Crippen LogP contribution in [-0.4, -0.2) is 37.7 Å². The fraction of sp³-hybridized carbons (Fsp3) is 0.900. The molecule has 1 saturated heterocycles. The second kappa shape index (κ2) is 7.91. The Morgan fingerprint density at radius 1 is 1.67 bits per heavy atom. The molecule has 0 bridgehead atoms. The second-order valence-electron chi connectivity index (χ2n) is 3.64. The van der Waals surface area contributed by atoms with Crippen LogP contribution in [0.5, 0.6) is 0 Å². The van der Waals surface area contributed by atoms with Crippen molar-refractivity contribution in [2.24, 2.45) is 0 Å². The van der Waals surface area contributed by atoms with E-state index in [2.05, 4.69) is 10.6 Å². The number of ether oxygens (including phenoxy) is 1. The number of hydrogen-bond acceptors (Lipinski definition) is 3. The molecule has 1 rings (SSSR count). The summed E-state index contributed by atoms with van der Waals surface area (Å²) in [7, 11) is 0. The average Bonchev–Trinajstić information content (AvgIpc) is 2.67. The Morgan fingerprint density at radius 3 is 2.93 bits per heavy atom. The monoisotopic (exact) mass is 236 g/mol. The lowest BCUT2D eigenvalue weighted by molar-refractivity contribution is -0.131. The highest BCUT2D eigenvalue weighted by Gasteiger charge is 2.17. The van der Waals surface area contributed by atoms with Gasteiger partial charge in [0.05, 0.1) is 0 Å². The molecule has 1 heterocycles. The third-order valence-electron chi connectivity index (χ3n) is 2.47. The number of nitrogens with one attached hydrogen (secondary N) is 2. The number of hydrogen-bond donors (Lipinski definition) is 2. The summed E-state index contributed by atoms with van der Waals surface area (Å²) in [6, 6.07) is 0.452. The first-order valence-electron chi connectivity index (χ1n) is 5.36. The molecule has 0 saturated carbocycles. The summed E-state index contributed by atoms with van der Waals surface area (Å²) in [5.41, 5.74) is 0. The Labute approximate surface area is 97.5 Å². The Bertz CT molecular complexity index is 184. The van der Waals surface area contributed by atoms with E-state index in [1.165, 1.54) is 6.42 Å². The van der Waals surface area contributed by atoms with E-state index < -0.39 is 0 Å². The number of rotatable bonds is 5. The summed E-state index contributed by atoms with van der Waals surface area (Å²) in [6.45, 7) is 6.04. The molecule has 90 valence electrons. The molecule has 2 unspecified atom stereocenters. The molecule has 0 radical (unpaired) electrons. The zero-order chi connectivity index (χ0) is 10.4. The van der Waals surface area contributed by atoms with Gasteiger partial charge in [-0.15, -0.1) is 12.4 Å². The molecular weight excluding hydrogens is 216 g/mol. The maximum absolute atomic E-state index is 11.4. The molecule has 0 aromatic rings. The van der Waals surface area contributed by atoms with E-state index in [1.54, 1.807) is 6.92 Å². The Kier molecular flexibility index (Phi) is 7.74. The molecule has 1 aliphatic rings. The van der Waals surface area contributed by atoms with Gasteiger partial charge in [0.2, 0.25) is 5.91 Å². The highest BCUT2D eigenvalue weighted by atomic mass is 35.5. The van der Waals surface area contributed by atoms with Crippen LogP contribution in [0.1, 0.15) is 26.7 Å². The number of carbonyl (C=O) groups is 1. The smallest absolute Gasteiger partial charge is 0.248 e. The first-order valence-corrected chi connectivity index (χ1v) is 5.36. The first kappa shape index (κ1) is 14.7. The maximum Gasteiger partial charge on any atom is 0.248 e. The van der Waals surface area contributed by atoms with Crippen molar-refractivity contribution in [1.29, 1.82) is 0 Å². The van der Waals surface area contributed by atoms with E-state index in [4.69, 9.17) is 4.74 Å². The zero-order valence-electron chi connectivity index (χ0n) is 9.41. The largest absolute Gasteiger partial charge is 0.369 e. The van der Waals surface area contributed by atoms with Crippen molar-refractivity contribution in [3.8, 4) is 0 Å². The van der Waals surface area contributed by atoms with Crippen LogP contribution in [0.25, 0.3) is 0 Å². The van der Waals surface area contributed by atoms with Gasteiger partial charge in [0.15, 0.2) is 0 Å². The van der Waals surface area contributed by atoms with E-state index in [9.17, 15) is 4.79 Å². The minimum absolute atomic E-state index is 0. The standard InChI is InChI=1S/C10H20N2O2.ClH/c1-3-14-8(2)10(13)12-7-9-5-4-6-11-9;/h8-9,11H,3-7H2,1-2H3,(H,12,13);1H. The van der Waals surface area contributed by atoms with E-state index in [0.29, 0.717) is 12.6 Å². The molecule has 0 aromatic heterocycles. The molecule has 0 aliphatic carbocycles. The summed E-state index contributed by atoms with van der Waals surface area (Å²) >= 11 is 0. The zero-order valence-corrected chi connectivity index (χ0v) is 10.2. The molecule has 2 N–H and O–H groups in total. The van der Waals surface area contributed by atoms with E-state index >= 15 is 0 Å². The van der Waals surface area contributed by atoms with Gasteiger partial charge in [-0.1, -0.05) is 0 Å². The number of amides is 1. The summed E-state index contributed by atoms with van der Waals surface area (Å²) in [5, 5.41) is 6.21. The molecule has 1 amide bonds. The first-order chi connectivity index (χ1) is 6.74. The summed E-state index contributed by atoms with van der Waals surface area (Å²) in [4.78, 5) is 11.4. The molecule has 1 aliphatic heterocycles. The van der Waals surface area contributed by atoms with Gasteiger partial charge < -0.3 is 15.4 Å². The summed E-state index contributed by atoms with van der Waals surface area (Å²) in [6.07, 6.45) is 2.03. The fourth-order valence-corrected chi connectivity index (χ4v) is 1.62. The Balaban J connectivity index is 0.00000196. The Hall–Kier alpha value is -0.320. The lowest BCUT2D eigenvalue weighted by Crippen LogP contribution is -2.41. The Morgan fingerprint density at radius 2 is 2.40 bits per heavy atom. The SMILES string of the molecule is CCOC(C)C(=O)NCC1CCCN1.Cl. The van der Waals surface area contributed by atoms with Gasteiger partial charge in [-0.05, 0) is 33.2 Å². The van der Waals surface area contributed by atoms with Crippen LogP contribution in [0.3, 0.4) is 0 Å². The quantitative estimate of drug-likeness (QED) is 0.739. The van der Waals surface area contributed by atoms with E-state index in [1.807, 2.05) is 6.92 Å². The van der Waals surface area contributed by atoms with Crippen molar-refractivity contribution in [3.05, 3.63) is 0 Å². The normalized spacial score (nSPS) is 21.9. The molecule has 2 atom stereocenters. The van der Waals surface area contributed by atoms with Crippen LogP contribution < -0.4 is 10.6 Å². The summed E-state index contributed by atoms with van der Waals surface area (Å²) < 4.78 is 5.19. The van der Waals surface area contributed by atoms with Crippen molar-refractivity contribution in [3.63, 3.8) is 0 Å². The van der Waals surface area contributed by atoms with Crippen molar-refractivity contribution < 1.29 is 9.53 Å². The molecule has 15 heavy (non-hydrogen) atoms. The maximum atomic E-state index is 11.4. The summed E-state index contributed by atoms with van der Waals surface area (Å²) in [5.74, 6) is -0.0134. The van der Waals surface area contributed by atoms with Gasteiger partial charge in [-0.2, -0.15) is 0 Å². The van der Waals surface area contributed by atoms with Crippen molar-refractivity contribution >= 4 is 18.3 Å². The van der Waals surface area contributed by atoms with Gasteiger partial charge in [-0.25, -0.2) is 0 Å². The van der Waals surface area contributed by atoms with Gasteiger partial charge in [0.25, 0.3) is 0 Å². The van der Waals surface area contributed by atoms with Crippen LogP contribution in [0, 0.1) is 0 Å². The third kappa shape index (κ3) is 5.35. The highest BCUT2D eigenvalue weighted by Crippen LogP contribution is 2.03. The third-order valence-corrected chi connectivity index (χ3v) is 2.47. The number of carbonyl (C=O) groups excluding carboxylic acids is 1. The van der Waals surface area contributed by atoms with Crippen LogP contribution in [0.15, 0.2) is 0 Å². The van der Waals surface area contributed by atoms with Crippen LogP contribution >= 0.6 is 12.4 Å². The van der Waals surface area contributed by atoms with Crippen molar-refractivity contribution in [1.82, 2.24) is 10.6 Å². The fourth-order valence-electron chi connectivity index (χ4n) is 1.62. The second-order valence-corrected chi connectivity index (χ2v) is 3.64. The predicted molar refractivity (Wildman–Crippen MR) is 62.4 cm³/mol.